The normalized spacial score (nSPS) is 15.3. The van der Waals surface area contributed by atoms with Crippen LogP contribution in [0, 0.1) is 5.82 Å². The van der Waals surface area contributed by atoms with Gasteiger partial charge in [0.1, 0.15) is 5.92 Å². The van der Waals surface area contributed by atoms with Crippen LogP contribution in [0.4, 0.5) is 4.39 Å². The zero-order chi connectivity index (χ0) is 14.7. The summed E-state index contributed by atoms with van der Waals surface area (Å²) in [6.07, 6.45) is 0.623. The summed E-state index contributed by atoms with van der Waals surface area (Å²) in [6.45, 7) is 0.523. The monoisotopic (exact) mass is 285 g/mol. The molecule has 3 N–H and O–H groups in total. The fourth-order valence-electron chi connectivity index (χ4n) is 2.15. The maximum Gasteiger partial charge on any atom is 0.312 e. The van der Waals surface area contributed by atoms with Crippen molar-refractivity contribution < 1.29 is 28.5 Å². The lowest BCUT2D eigenvalue weighted by molar-refractivity contribution is -0.138. The van der Waals surface area contributed by atoms with Crippen LogP contribution < -0.4 is 19.9 Å². The van der Waals surface area contributed by atoms with Crippen molar-refractivity contribution in [3.05, 3.63) is 17.4 Å². The lowest BCUT2D eigenvalue weighted by Crippen LogP contribution is -2.23. The van der Waals surface area contributed by atoms with Gasteiger partial charge in [-0.15, -0.1) is 0 Å². The summed E-state index contributed by atoms with van der Waals surface area (Å²) >= 11 is 0. The van der Waals surface area contributed by atoms with E-state index in [1.807, 2.05) is 0 Å². The summed E-state index contributed by atoms with van der Waals surface area (Å²) in [6, 6.07) is 1.14. The van der Waals surface area contributed by atoms with Crippen molar-refractivity contribution in [1.29, 1.82) is 0 Å². The van der Waals surface area contributed by atoms with Gasteiger partial charge >= 0.3 is 5.97 Å². The van der Waals surface area contributed by atoms with Crippen LogP contribution >= 0.6 is 0 Å². The van der Waals surface area contributed by atoms with Gasteiger partial charge in [0.15, 0.2) is 23.1 Å². The second kappa shape index (κ2) is 5.96. The van der Waals surface area contributed by atoms with Crippen LogP contribution in [0.5, 0.6) is 17.2 Å². The number of hydrogen-bond donors (Lipinski definition) is 2. The van der Waals surface area contributed by atoms with E-state index in [2.05, 4.69) is 0 Å². The SMILES string of the molecule is COc1c(F)cc2c(c1C(CN)C(=O)O)OCCCO2. The zero-order valence-electron chi connectivity index (χ0n) is 11.0. The molecule has 7 heteroatoms. The Labute approximate surface area is 115 Å². The van der Waals surface area contributed by atoms with Gasteiger partial charge in [-0.05, 0) is 0 Å². The molecule has 1 heterocycles. The van der Waals surface area contributed by atoms with Crippen LogP contribution in [0.3, 0.4) is 0 Å². The van der Waals surface area contributed by atoms with Gasteiger partial charge in [-0.1, -0.05) is 0 Å². The summed E-state index contributed by atoms with van der Waals surface area (Å²) in [7, 11) is 1.27. The van der Waals surface area contributed by atoms with Crippen molar-refractivity contribution in [1.82, 2.24) is 0 Å². The van der Waals surface area contributed by atoms with Crippen molar-refractivity contribution in [2.75, 3.05) is 26.9 Å². The average molecular weight is 285 g/mol. The van der Waals surface area contributed by atoms with E-state index in [-0.39, 0.29) is 29.4 Å². The molecule has 0 radical (unpaired) electrons. The third-order valence-electron chi connectivity index (χ3n) is 3.07. The molecule has 20 heavy (non-hydrogen) atoms. The van der Waals surface area contributed by atoms with Crippen LogP contribution in [0.2, 0.25) is 0 Å². The molecule has 2 rings (SSSR count). The van der Waals surface area contributed by atoms with Gasteiger partial charge in [0.25, 0.3) is 0 Å². The maximum absolute atomic E-state index is 14.0. The van der Waals surface area contributed by atoms with Gasteiger partial charge in [-0.25, -0.2) is 4.39 Å². The standard InChI is InChI=1S/C13H16FNO5/c1-18-11-8(14)5-9-12(20-4-2-3-19-9)10(11)7(6-15)13(16)17/h5,7H,2-4,6,15H2,1H3,(H,16,17). The van der Waals surface area contributed by atoms with Crippen molar-refractivity contribution in [3.63, 3.8) is 0 Å². The Bertz CT molecular complexity index is 520. The van der Waals surface area contributed by atoms with Crippen molar-refractivity contribution in [2.45, 2.75) is 12.3 Å². The quantitative estimate of drug-likeness (QED) is 0.861. The van der Waals surface area contributed by atoms with Crippen LogP contribution in [-0.4, -0.2) is 37.9 Å². The topological polar surface area (TPSA) is 91.0 Å². The number of hydrogen-bond acceptors (Lipinski definition) is 5. The Morgan fingerprint density at radius 1 is 1.55 bits per heavy atom. The third-order valence-corrected chi connectivity index (χ3v) is 3.07. The third kappa shape index (κ3) is 2.49. The molecule has 1 aromatic rings. The van der Waals surface area contributed by atoms with Crippen LogP contribution in [0.25, 0.3) is 0 Å². The molecule has 0 aromatic heterocycles. The van der Waals surface area contributed by atoms with Crippen molar-refractivity contribution in [2.24, 2.45) is 5.73 Å². The molecule has 1 aliphatic heterocycles. The van der Waals surface area contributed by atoms with E-state index in [4.69, 9.17) is 19.9 Å². The molecule has 1 aromatic carbocycles. The number of methoxy groups -OCH3 is 1. The molecule has 0 saturated heterocycles. The van der Waals surface area contributed by atoms with E-state index in [0.717, 1.165) is 6.07 Å². The highest BCUT2D eigenvalue weighted by molar-refractivity contribution is 5.80. The predicted molar refractivity (Wildman–Crippen MR) is 68.0 cm³/mol. The Kier molecular flexibility index (Phi) is 4.29. The van der Waals surface area contributed by atoms with Gasteiger partial charge in [0.2, 0.25) is 0 Å². The molecule has 1 aliphatic rings. The minimum Gasteiger partial charge on any atom is -0.493 e. The highest BCUT2D eigenvalue weighted by Crippen LogP contribution is 2.44. The van der Waals surface area contributed by atoms with Crippen LogP contribution in [-0.2, 0) is 4.79 Å². The Morgan fingerprint density at radius 2 is 2.25 bits per heavy atom. The number of aliphatic carboxylic acids is 1. The molecule has 0 aliphatic carbocycles. The number of benzene rings is 1. The fourth-order valence-corrected chi connectivity index (χ4v) is 2.15. The number of carbonyl (C=O) groups is 1. The molecular weight excluding hydrogens is 269 g/mol. The minimum atomic E-state index is -1.17. The zero-order valence-corrected chi connectivity index (χ0v) is 11.0. The van der Waals surface area contributed by atoms with Gasteiger partial charge in [-0.2, -0.15) is 0 Å². The summed E-state index contributed by atoms with van der Waals surface area (Å²) in [5, 5.41) is 9.26. The molecule has 6 nitrogen and oxygen atoms in total. The number of rotatable bonds is 4. The smallest absolute Gasteiger partial charge is 0.312 e. The van der Waals surface area contributed by atoms with E-state index in [0.29, 0.717) is 19.6 Å². The number of halogens is 1. The van der Waals surface area contributed by atoms with Crippen LogP contribution in [0.1, 0.15) is 17.9 Å². The Morgan fingerprint density at radius 3 is 2.85 bits per heavy atom. The van der Waals surface area contributed by atoms with E-state index in [1.165, 1.54) is 7.11 Å². The minimum absolute atomic E-state index is 0.0828. The fraction of sp³-hybridized carbons (Fsp3) is 0.462. The molecule has 1 atom stereocenters. The van der Waals surface area contributed by atoms with E-state index in [9.17, 15) is 14.3 Å². The number of carboxylic acids is 1. The largest absolute Gasteiger partial charge is 0.493 e. The summed E-state index contributed by atoms with van der Waals surface area (Å²) in [4.78, 5) is 11.3. The first-order chi connectivity index (χ1) is 9.60. The summed E-state index contributed by atoms with van der Waals surface area (Å²) < 4.78 is 29.9. The number of fused-ring (bicyclic) bond motifs is 1. The van der Waals surface area contributed by atoms with Crippen molar-refractivity contribution >= 4 is 5.97 Å². The highest BCUT2D eigenvalue weighted by Gasteiger charge is 2.32. The van der Waals surface area contributed by atoms with Gasteiger partial charge in [-0.3, -0.25) is 4.79 Å². The molecule has 0 saturated carbocycles. The molecule has 0 amide bonds. The summed E-state index contributed by atoms with van der Waals surface area (Å²) in [5.41, 5.74) is 5.58. The molecule has 0 fully saturated rings. The van der Waals surface area contributed by atoms with Crippen molar-refractivity contribution in [3.8, 4) is 17.2 Å². The van der Waals surface area contributed by atoms with Gasteiger partial charge in [0.05, 0.1) is 25.9 Å². The molecule has 110 valence electrons. The second-order valence-corrected chi connectivity index (χ2v) is 4.31. The second-order valence-electron chi connectivity index (χ2n) is 4.31. The van der Waals surface area contributed by atoms with Gasteiger partial charge in [0, 0.05) is 19.0 Å². The molecular formula is C13H16FNO5. The van der Waals surface area contributed by atoms with Gasteiger partial charge < -0.3 is 25.1 Å². The average Bonchev–Trinajstić information content (AvgIpc) is 2.64. The Balaban J connectivity index is 2.67. The molecule has 0 spiro atoms. The molecule has 0 bridgehead atoms. The number of carboxylic acid groups (broad SMARTS) is 1. The van der Waals surface area contributed by atoms with E-state index in [1.54, 1.807) is 0 Å². The van der Waals surface area contributed by atoms with E-state index >= 15 is 0 Å². The van der Waals surface area contributed by atoms with E-state index < -0.39 is 17.7 Å². The first kappa shape index (κ1) is 14.4. The highest BCUT2D eigenvalue weighted by atomic mass is 19.1. The lowest BCUT2D eigenvalue weighted by Gasteiger charge is -2.20. The number of nitrogens with two attached hydrogens (primary N) is 1. The summed E-state index contributed by atoms with van der Waals surface area (Å²) in [5.74, 6) is -2.81. The lowest BCUT2D eigenvalue weighted by atomic mass is 9.96. The number of ether oxygens (including phenoxy) is 3. The first-order valence-corrected chi connectivity index (χ1v) is 6.19. The predicted octanol–water partition coefficient (Wildman–Crippen LogP) is 1.12. The van der Waals surface area contributed by atoms with Crippen LogP contribution in [0.15, 0.2) is 6.07 Å². The maximum atomic E-state index is 14.0. The first-order valence-electron chi connectivity index (χ1n) is 6.19. The molecule has 1 unspecified atom stereocenters. The Hall–Kier alpha value is -2.02.